The molecule has 0 fully saturated rings. The van der Waals surface area contributed by atoms with Gasteiger partial charge in [-0.1, -0.05) is 20.3 Å². The number of fused-ring (bicyclic) bond motifs is 1. The van der Waals surface area contributed by atoms with E-state index in [0.717, 1.165) is 41.8 Å². The molecule has 0 N–H and O–H groups in total. The summed E-state index contributed by atoms with van der Waals surface area (Å²) in [6.07, 6.45) is 3.08. The van der Waals surface area contributed by atoms with Crippen LogP contribution in [0, 0.1) is 6.92 Å². The first-order chi connectivity index (χ1) is 8.17. The van der Waals surface area contributed by atoms with Crippen molar-refractivity contribution in [2.24, 2.45) is 0 Å². The lowest BCUT2D eigenvalue weighted by Gasteiger charge is -2.07. The number of hydrogen-bond acceptors (Lipinski definition) is 3. The lowest BCUT2D eigenvalue weighted by molar-refractivity contribution is 0.592. The summed E-state index contributed by atoms with van der Waals surface area (Å²) in [5, 5.41) is 0.786. The van der Waals surface area contributed by atoms with Crippen molar-refractivity contribution in [3.05, 3.63) is 27.1 Å². The van der Waals surface area contributed by atoms with Crippen molar-refractivity contribution < 1.29 is 0 Å². The molecule has 2 rings (SSSR count). The van der Waals surface area contributed by atoms with Gasteiger partial charge < -0.3 is 0 Å². The Bertz CT molecular complexity index is 583. The van der Waals surface area contributed by atoms with Gasteiger partial charge >= 0.3 is 0 Å². The molecule has 0 atom stereocenters. The van der Waals surface area contributed by atoms with Crippen molar-refractivity contribution in [3.63, 3.8) is 0 Å². The maximum absolute atomic E-state index is 12.3. The van der Waals surface area contributed by atoms with Gasteiger partial charge in [-0.05, 0) is 25.8 Å². The van der Waals surface area contributed by atoms with Crippen LogP contribution in [0.2, 0.25) is 0 Å². The molecule has 2 aromatic rings. The third-order valence-electron chi connectivity index (χ3n) is 2.98. The van der Waals surface area contributed by atoms with Gasteiger partial charge in [-0.2, -0.15) is 0 Å². The molecule has 0 aliphatic carbocycles. The summed E-state index contributed by atoms with van der Waals surface area (Å²) in [5.74, 6) is 0.834. The van der Waals surface area contributed by atoms with Crippen LogP contribution in [-0.2, 0) is 13.0 Å². The second-order valence-electron chi connectivity index (χ2n) is 4.25. The Balaban J connectivity index is 2.57. The molecule has 3 nitrogen and oxygen atoms in total. The first-order valence-electron chi connectivity index (χ1n) is 6.17. The van der Waals surface area contributed by atoms with Crippen LogP contribution in [0.25, 0.3) is 10.2 Å². The number of nitrogens with zero attached hydrogens (tertiary/aromatic N) is 2. The van der Waals surface area contributed by atoms with Crippen molar-refractivity contribution >= 4 is 21.6 Å². The molecule has 0 saturated carbocycles. The Morgan fingerprint density at radius 1 is 1.41 bits per heavy atom. The van der Waals surface area contributed by atoms with Gasteiger partial charge in [-0.25, -0.2) is 4.98 Å². The fourth-order valence-corrected chi connectivity index (χ4v) is 2.92. The van der Waals surface area contributed by atoms with E-state index in [0.29, 0.717) is 0 Å². The summed E-state index contributed by atoms with van der Waals surface area (Å²) in [4.78, 5) is 19.0. The quantitative estimate of drug-likeness (QED) is 0.835. The third-order valence-corrected chi connectivity index (χ3v) is 4.15. The van der Waals surface area contributed by atoms with Crippen LogP contribution in [0.1, 0.15) is 37.4 Å². The van der Waals surface area contributed by atoms with Crippen LogP contribution < -0.4 is 5.56 Å². The van der Waals surface area contributed by atoms with Crippen LogP contribution >= 0.6 is 11.3 Å². The Morgan fingerprint density at radius 2 is 2.18 bits per heavy atom. The topological polar surface area (TPSA) is 34.9 Å². The molecule has 0 spiro atoms. The number of aromatic nitrogens is 2. The number of rotatable bonds is 4. The molecule has 0 aliphatic heterocycles. The van der Waals surface area contributed by atoms with Crippen molar-refractivity contribution in [2.75, 3.05) is 0 Å². The zero-order chi connectivity index (χ0) is 12.4. The third kappa shape index (κ3) is 2.27. The second-order valence-corrected chi connectivity index (χ2v) is 5.37. The van der Waals surface area contributed by atoms with Gasteiger partial charge in [0.2, 0.25) is 0 Å². The zero-order valence-corrected chi connectivity index (χ0v) is 11.4. The molecule has 0 aliphatic rings. The summed E-state index contributed by atoms with van der Waals surface area (Å²) in [7, 11) is 0. The highest BCUT2D eigenvalue weighted by atomic mass is 32.1. The molecular weight excluding hydrogens is 232 g/mol. The van der Waals surface area contributed by atoms with E-state index in [1.54, 1.807) is 15.9 Å². The highest BCUT2D eigenvalue weighted by Crippen LogP contribution is 2.21. The predicted molar refractivity (Wildman–Crippen MR) is 72.9 cm³/mol. The smallest absolute Gasteiger partial charge is 0.262 e. The molecule has 2 heterocycles. The first-order valence-corrected chi connectivity index (χ1v) is 6.98. The minimum absolute atomic E-state index is 0.122. The van der Waals surface area contributed by atoms with Gasteiger partial charge in [0, 0.05) is 11.4 Å². The van der Waals surface area contributed by atoms with Crippen LogP contribution in [0.5, 0.6) is 0 Å². The SMILES string of the molecule is CCCCn1c(C)nc2sc(CC)cc2c1=O. The average molecular weight is 250 g/mol. The second kappa shape index (κ2) is 5.00. The van der Waals surface area contributed by atoms with Crippen molar-refractivity contribution in [1.29, 1.82) is 0 Å². The van der Waals surface area contributed by atoms with E-state index >= 15 is 0 Å². The minimum atomic E-state index is 0.122. The Kier molecular flexibility index (Phi) is 3.62. The van der Waals surface area contributed by atoms with Gasteiger partial charge in [0.15, 0.2) is 0 Å². The fraction of sp³-hybridized carbons (Fsp3) is 0.538. The van der Waals surface area contributed by atoms with E-state index in [4.69, 9.17) is 0 Å². The van der Waals surface area contributed by atoms with E-state index in [1.807, 2.05) is 13.0 Å². The Hall–Kier alpha value is -1.16. The standard InChI is InChI=1S/C13H18N2OS/c1-4-6-7-15-9(3)14-12-11(13(15)16)8-10(5-2)17-12/h8H,4-7H2,1-3H3. The highest BCUT2D eigenvalue weighted by molar-refractivity contribution is 7.18. The minimum Gasteiger partial charge on any atom is -0.296 e. The van der Waals surface area contributed by atoms with Crippen LogP contribution in [-0.4, -0.2) is 9.55 Å². The van der Waals surface area contributed by atoms with E-state index in [1.165, 1.54) is 4.88 Å². The number of thiophene rings is 1. The van der Waals surface area contributed by atoms with Crippen molar-refractivity contribution in [3.8, 4) is 0 Å². The largest absolute Gasteiger partial charge is 0.296 e. The summed E-state index contributed by atoms with van der Waals surface area (Å²) in [6.45, 7) is 6.93. The van der Waals surface area contributed by atoms with E-state index in [-0.39, 0.29) is 5.56 Å². The molecular formula is C13H18N2OS. The molecule has 17 heavy (non-hydrogen) atoms. The Labute approximate surface area is 105 Å². The molecule has 0 bridgehead atoms. The summed E-state index contributed by atoms with van der Waals surface area (Å²) >= 11 is 1.63. The molecule has 0 radical (unpaired) electrons. The summed E-state index contributed by atoms with van der Waals surface area (Å²) in [5.41, 5.74) is 0.122. The van der Waals surface area contributed by atoms with Gasteiger partial charge in [0.25, 0.3) is 5.56 Å². The van der Waals surface area contributed by atoms with Gasteiger partial charge in [0.1, 0.15) is 10.7 Å². The number of hydrogen-bond donors (Lipinski definition) is 0. The first kappa shape index (κ1) is 12.3. The predicted octanol–water partition coefficient (Wildman–Crippen LogP) is 3.13. The molecule has 92 valence electrons. The van der Waals surface area contributed by atoms with Crippen LogP contribution in [0.4, 0.5) is 0 Å². The molecule has 0 aromatic carbocycles. The molecule has 2 aromatic heterocycles. The zero-order valence-electron chi connectivity index (χ0n) is 10.6. The maximum atomic E-state index is 12.3. The van der Waals surface area contributed by atoms with Crippen LogP contribution in [0.3, 0.4) is 0 Å². The monoisotopic (exact) mass is 250 g/mol. The lowest BCUT2D eigenvalue weighted by Crippen LogP contribution is -2.23. The van der Waals surface area contributed by atoms with E-state index in [2.05, 4.69) is 18.8 Å². The lowest BCUT2D eigenvalue weighted by atomic mass is 10.3. The summed E-state index contributed by atoms with van der Waals surface area (Å²) < 4.78 is 1.80. The maximum Gasteiger partial charge on any atom is 0.262 e. The molecule has 0 unspecified atom stereocenters. The highest BCUT2D eigenvalue weighted by Gasteiger charge is 2.10. The van der Waals surface area contributed by atoms with Gasteiger partial charge in [-0.3, -0.25) is 9.36 Å². The van der Waals surface area contributed by atoms with Crippen molar-refractivity contribution in [2.45, 2.75) is 46.6 Å². The van der Waals surface area contributed by atoms with E-state index in [9.17, 15) is 4.79 Å². The number of unbranched alkanes of at least 4 members (excludes halogenated alkanes) is 1. The molecule has 0 saturated heterocycles. The summed E-state index contributed by atoms with van der Waals surface area (Å²) in [6, 6.07) is 2.00. The van der Waals surface area contributed by atoms with Crippen molar-refractivity contribution in [1.82, 2.24) is 9.55 Å². The average Bonchev–Trinajstić information content (AvgIpc) is 2.72. The van der Waals surface area contributed by atoms with Gasteiger partial charge in [-0.15, -0.1) is 11.3 Å². The van der Waals surface area contributed by atoms with Crippen LogP contribution in [0.15, 0.2) is 10.9 Å². The van der Waals surface area contributed by atoms with Gasteiger partial charge in [0.05, 0.1) is 5.39 Å². The molecule has 4 heteroatoms. The molecule has 0 amide bonds. The Morgan fingerprint density at radius 3 is 2.82 bits per heavy atom. The van der Waals surface area contributed by atoms with E-state index < -0.39 is 0 Å². The fourth-order valence-electron chi connectivity index (χ4n) is 1.92. The number of aryl methyl sites for hydroxylation is 2. The normalized spacial score (nSPS) is 11.2.